The number of urea groups is 1. The van der Waals surface area contributed by atoms with E-state index in [1.54, 1.807) is 32.1 Å². The molecule has 1 aromatic carbocycles. The molecule has 17 nitrogen and oxygen atoms in total. The Balaban J connectivity index is 1.18. The van der Waals surface area contributed by atoms with Crippen LogP contribution in [0.4, 0.5) is 4.79 Å². The fraction of sp³-hybridized carbons (Fsp3) is 0.565. The zero-order valence-electron chi connectivity index (χ0n) is 38.3. The fourth-order valence-corrected chi connectivity index (χ4v) is 12.8. The Hall–Kier alpha value is -4.95. The van der Waals surface area contributed by atoms with E-state index in [1.165, 1.54) is 23.3 Å². The number of sulfone groups is 1. The van der Waals surface area contributed by atoms with Crippen molar-refractivity contribution in [3.05, 3.63) is 58.2 Å². The van der Waals surface area contributed by atoms with Gasteiger partial charge in [-0.2, -0.15) is 5.43 Å². The standard InChI is InChI=1S/C46H60N8O9S2/c1-9-52-36-14-13-28-18-32(36)33(40(52)31-12-10-16-47-38(31)27(4)62-8)21-45(5,6)25-63-43(57)46(59)15-11-17-53(50-46)42(56)34(20-37-48-35(28)22-64-37)49-41(55)39(26(2)3)51(7)44(58)54-29-19-30(54)24-65(60,61)23-29/h10,12-14,16,18,22,26-27,29-30,34,39,50,59H,9,11,15,17,19-21,23-25H2,1-8H3,(H,49,55)/t27-,29?,30?,34-,39-,46-/m0/s1. The number of rotatable bonds is 8. The topological polar surface area (TPSA) is 206 Å². The van der Waals surface area contributed by atoms with Crippen molar-refractivity contribution in [1.29, 1.82) is 0 Å². The Morgan fingerprint density at radius 3 is 2.58 bits per heavy atom. The van der Waals surface area contributed by atoms with Crippen molar-refractivity contribution in [2.75, 3.05) is 38.8 Å². The number of pyridine rings is 1. The molecule has 0 radical (unpaired) electrons. The van der Waals surface area contributed by atoms with Crippen molar-refractivity contribution >= 4 is 55.9 Å². The Morgan fingerprint density at radius 1 is 1.15 bits per heavy atom. The molecule has 4 amide bonds. The second-order valence-electron chi connectivity index (χ2n) is 19.1. The van der Waals surface area contributed by atoms with Crippen LogP contribution in [0.3, 0.4) is 0 Å². The molecule has 3 fully saturated rings. The number of aliphatic hydroxyl groups is 1. The zero-order chi connectivity index (χ0) is 46.7. The van der Waals surface area contributed by atoms with Crippen LogP contribution in [0, 0.1) is 11.3 Å². The molecule has 2 unspecified atom stereocenters. The van der Waals surface area contributed by atoms with Gasteiger partial charge in [-0.1, -0.05) is 33.8 Å². The van der Waals surface area contributed by atoms with Gasteiger partial charge in [0.1, 0.15) is 12.1 Å². The number of carbonyl (C=O) groups is 4. The van der Waals surface area contributed by atoms with E-state index >= 15 is 0 Å². The third-order valence-electron chi connectivity index (χ3n) is 13.3. The van der Waals surface area contributed by atoms with Gasteiger partial charge >= 0.3 is 12.0 Å². The summed E-state index contributed by atoms with van der Waals surface area (Å²) in [6, 6.07) is 6.58. The van der Waals surface area contributed by atoms with E-state index in [-0.39, 0.29) is 50.0 Å². The largest absolute Gasteiger partial charge is 0.462 e. The van der Waals surface area contributed by atoms with Gasteiger partial charge in [-0.3, -0.25) is 19.6 Å². The Morgan fingerprint density at radius 2 is 1.89 bits per heavy atom. The summed E-state index contributed by atoms with van der Waals surface area (Å²) < 4.78 is 38.7. The lowest BCUT2D eigenvalue weighted by molar-refractivity contribution is -0.189. The Kier molecular flexibility index (Phi) is 12.7. The molecule has 3 saturated heterocycles. The maximum atomic E-state index is 14.6. The number of benzene rings is 1. The number of amides is 4. The van der Waals surface area contributed by atoms with Crippen molar-refractivity contribution in [2.45, 2.75) is 116 Å². The van der Waals surface area contributed by atoms with E-state index in [4.69, 9.17) is 19.4 Å². The van der Waals surface area contributed by atoms with E-state index in [9.17, 15) is 32.7 Å². The molecule has 8 rings (SSSR count). The predicted molar refractivity (Wildman–Crippen MR) is 245 cm³/mol. The number of aryl methyl sites for hydroxylation is 1. The second kappa shape index (κ2) is 17.7. The summed E-state index contributed by atoms with van der Waals surface area (Å²) in [5.74, 6) is -2.76. The van der Waals surface area contributed by atoms with E-state index < -0.39 is 74.9 Å². The van der Waals surface area contributed by atoms with Gasteiger partial charge in [0.2, 0.25) is 11.6 Å². The number of nitrogens with one attached hydrogen (secondary N) is 2. The van der Waals surface area contributed by atoms with Crippen LogP contribution in [-0.2, 0) is 53.1 Å². The highest BCUT2D eigenvalue weighted by Crippen LogP contribution is 2.42. The summed E-state index contributed by atoms with van der Waals surface area (Å²) in [6.07, 6.45) is 2.73. The number of likely N-dealkylation sites (N-methyl/N-ethyl adjacent to an activating group) is 1. The summed E-state index contributed by atoms with van der Waals surface area (Å²) in [6.45, 7) is 12.4. The van der Waals surface area contributed by atoms with Crippen LogP contribution in [0.5, 0.6) is 0 Å². The molecule has 65 heavy (non-hydrogen) atoms. The van der Waals surface area contributed by atoms with Crippen LogP contribution < -0.4 is 10.7 Å². The Bertz CT molecular complexity index is 2610. The third-order valence-corrected chi connectivity index (χ3v) is 16.0. The highest BCUT2D eigenvalue weighted by atomic mass is 32.2. The Labute approximate surface area is 383 Å². The number of fused-ring (bicyclic) bond motifs is 8. The number of esters is 1. The van der Waals surface area contributed by atoms with Gasteiger partial charge in [0, 0.05) is 91.2 Å². The molecule has 6 atom stereocenters. The number of hydrogen-bond acceptors (Lipinski definition) is 13. The fourth-order valence-electron chi connectivity index (χ4n) is 10.1. The highest BCUT2D eigenvalue weighted by molar-refractivity contribution is 7.91. The van der Waals surface area contributed by atoms with Crippen LogP contribution in [0.1, 0.15) is 83.2 Å². The van der Waals surface area contributed by atoms with Gasteiger partial charge in [0.15, 0.2) is 9.84 Å². The van der Waals surface area contributed by atoms with Crippen LogP contribution in [-0.4, -0.2) is 135 Å². The number of hydrogen-bond donors (Lipinski definition) is 3. The second-order valence-corrected chi connectivity index (χ2v) is 22.2. The lowest BCUT2D eigenvalue weighted by Crippen LogP contribution is -2.70. The summed E-state index contributed by atoms with van der Waals surface area (Å²) in [5, 5.41) is 19.4. The molecular formula is C46H60N8O9S2. The number of carbonyl (C=O) groups excluding carboxylic acids is 4. The lowest BCUT2D eigenvalue weighted by Gasteiger charge is -2.53. The van der Waals surface area contributed by atoms with E-state index in [1.807, 2.05) is 38.3 Å². The van der Waals surface area contributed by atoms with Crippen molar-refractivity contribution < 1.29 is 42.2 Å². The van der Waals surface area contributed by atoms with Crippen molar-refractivity contribution in [2.24, 2.45) is 11.3 Å². The first-order valence-electron chi connectivity index (χ1n) is 22.4. The molecule has 350 valence electrons. The number of thiazole rings is 1. The van der Waals surface area contributed by atoms with Gasteiger partial charge < -0.3 is 34.3 Å². The summed E-state index contributed by atoms with van der Waals surface area (Å²) in [5.41, 5.74) is 6.12. The normalized spacial score (nSPS) is 25.0. The van der Waals surface area contributed by atoms with E-state index in [0.29, 0.717) is 30.1 Å². The first-order valence-corrected chi connectivity index (χ1v) is 25.1. The van der Waals surface area contributed by atoms with Gasteiger partial charge in [0.05, 0.1) is 46.3 Å². The average Bonchev–Trinajstić information content (AvgIpc) is 3.85. The monoisotopic (exact) mass is 932 g/mol. The van der Waals surface area contributed by atoms with Gasteiger partial charge in [-0.05, 0) is 68.9 Å². The van der Waals surface area contributed by atoms with Gasteiger partial charge in [-0.15, -0.1) is 11.3 Å². The summed E-state index contributed by atoms with van der Waals surface area (Å²) in [7, 11) is -0.0815. The van der Waals surface area contributed by atoms with Crippen molar-refractivity contribution in [1.82, 2.24) is 40.1 Å². The smallest absolute Gasteiger partial charge is 0.355 e. The first kappa shape index (κ1) is 46.6. The highest BCUT2D eigenvalue weighted by Gasteiger charge is 2.52. The number of cyclic esters (lactones) is 1. The minimum atomic E-state index is -3.26. The number of likely N-dealkylation sites (tertiary alicyclic amines) is 1. The molecule has 3 N–H and O–H groups in total. The molecule has 3 aromatic heterocycles. The van der Waals surface area contributed by atoms with Crippen LogP contribution in [0.2, 0.25) is 0 Å². The lowest BCUT2D eigenvalue weighted by atomic mass is 9.84. The van der Waals surface area contributed by atoms with Crippen molar-refractivity contribution in [3.63, 3.8) is 0 Å². The zero-order valence-corrected chi connectivity index (χ0v) is 39.9. The molecule has 19 heteroatoms. The maximum absolute atomic E-state index is 14.6. The number of aromatic nitrogens is 3. The first-order chi connectivity index (χ1) is 30.7. The van der Waals surface area contributed by atoms with E-state index in [0.717, 1.165) is 44.0 Å². The maximum Gasteiger partial charge on any atom is 0.355 e. The SMILES string of the molecule is CCn1c(-c2cccnc2[C@H](C)OC)c2c3cc(ccc31)-c1csc(n1)C[C@H](NC(=O)[C@H](C(C)C)N(C)C(=O)N1C3CC1CS(=O)(=O)C3)C(=O)N1CCC[C@@](O)(N1)C(=O)OCC(C)(C)C2. The van der Waals surface area contributed by atoms with Crippen molar-refractivity contribution in [3.8, 4) is 22.5 Å². The number of nitrogens with zero attached hydrogens (tertiary/aromatic N) is 6. The third kappa shape index (κ3) is 8.89. The molecule has 0 saturated carbocycles. The molecule has 0 aliphatic carbocycles. The molecule has 4 aliphatic heterocycles. The number of ether oxygens (including phenoxy) is 2. The molecule has 4 aliphatic rings. The molecule has 0 spiro atoms. The van der Waals surface area contributed by atoms with Crippen LogP contribution in [0.15, 0.2) is 41.9 Å². The van der Waals surface area contributed by atoms with Gasteiger partial charge in [-0.25, -0.2) is 23.0 Å². The molecule has 7 heterocycles. The summed E-state index contributed by atoms with van der Waals surface area (Å²) >= 11 is 1.34. The van der Waals surface area contributed by atoms with Crippen LogP contribution >= 0.6 is 11.3 Å². The minimum Gasteiger partial charge on any atom is -0.462 e. The quantitative estimate of drug-likeness (QED) is 0.210. The van der Waals surface area contributed by atoms with E-state index in [2.05, 4.69) is 40.4 Å². The van der Waals surface area contributed by atoms with Crippen LogP contribution in [0.25, 0.3) is 33.4 Å². The predicted octanol–water partition coefficient (Wildman–Crippen LogP) is 4.47. The molecular weight excluding hydrogens is 873 g/mol. The molecule has 4 aromatic rings. The average molecular weight is 933 g/mol. The summed E-state index contributed by atoms with van der Waals surface area (Å²) in [4.78, 5) is 69.6. The minimum absolute atomic E-state index is 0.0244. The molecule has 8 bridgehead atoms. The van der Waals surface area contributed by atoms with Gasteiger partial charge in [0.25, 0.3) is 5.91 Å². The number of hydrazine groups is 1. The number of methoxy groups -OCH3 is 1.